The van der Waals surface area contributed by atoms with Crippen molar-refractivity contribution in [2.45, 2.75) is 19.4 Å². The highest BCUT2D eigenvalue weighted by atomic mass is 16.7. The third-order valence-electron chi connectivity index (χ3n) is 5.66. The molecule has 4 heterocycles. The minimum Gasteiger partial charge on any atom is -0.454 e. The summed E-state index contributed by atoms with van der Waals surface area (Å²) in [6.07, 6.45) is 5.35. The summed E-state index contributed by atoms with van der Waals surface area (Å²) < 4.78 is 10.8. The standard InChI is InChI=1S/C20H21N3O3/c24-19-10-20(5-8-22(12-20)11-15-3-6-21-7-4-15)13-23(19)16-1-2-17-18(9-16)26-14-25-17/h1-4,6-7,9H,5,8,10-14H2/t20-/m0/s1. The fourth-order valence-corrected chi connectivity index (χ4v) is 4.37. The molecule has 6 nitrogen and oxygen atoms in total. The highest BCUT2D eigenvalue weighted by Gasteiger charge is 2.47. The van der Waals surface area contributed by atoms with Crippen molar-refractivity contribution in [3.63, 3.8) is 0 Å². The monoisotopic (exact) mass is 351 g/mol. The largest absolute Gasteiger partial charge is 0.454 e. The van der Waals surface area contributed by atoms with Crippen LogP contribution in [0, 0.1) is 5.41 Å². The van der Waals surface area contributed by atoms with Crippen LogP contribution in [0.2, 0.25) is 0 Å². The number of anilines is 1. The summed E-state index contributed by atoms with van der Waals surface area (Å²) >= 11 is 0. The van der Waals surface area contributed by atoms with E-state index in [2.05, 4.69) is 22.0 Å². The number of aromatic nitrogens is 1. The van der Waals surface area contributed by atoms with Gasteiger partial charge in [0.2, 0.25) is 12.7 Å². The average Bonchev–Trinajstić information content (AvgIpc) is 3.34. The SMILES string of the molecule is O=C1C[C@]2(CCN(Cc3ccncc3)C2)CN1c1ccc2c(c1)OCO2. The molecule has 0 aliphatic carbocycles. The molecule has 3 aliphatic rings. The number of nitrogens with zero attached hydrogens (tertiary/aromatic N) is 3. The molecule has 1 spiro atoms. The van der Waals surface area contributed by atoms with Gasteiger partial charge in [0.1, 0.15) is 0 Å². The van der Waals surface area contributed by atoms with Crippen LogP contribution in [-0.2, 0) is 11.3 Å². The van der Waals surface area contributed by atoms with E-state index in [0.29, 0.717) is 6.42 Å². The third-order valence-corrected chi connectivity index (χ3v) is 5.66. The summed E-state index contributed by atoms with van der Waals surface area (Å²) in [7, 11) is 0. The Morgan fingerprint density at radius 3 is 2.81 bits per heavy atom. The zero-order valence-corrected chi connectivity index (χ0v) is 14.6. The third kappa shape index (κ3) is 2.70. The average molecular weight is 351 g/mol. The first-order chi connectivity index (χ1) is 12.7. The van der Waals surface area contributed by atoms with Crippen LogP contribution in [0.3, 0.4) is 0 Å². The van der Waals surface area contributed by atoms with Crippen molar-refractivity contribution in [3.05, 3.63) is 48.3 Å². The second-order valence-corrected chi connectivity index (χ2v) is 7.51. The number of ether oxygens (including phenoxy) is 2. The Morgan fingerprint density at radius 1 is 1.08 bits per heavy atom. The zero-order valence-electron chi connectivity index (χ0n) is 14.6. The number of hydrogen-bond acceptors (Lipinski definition) is 5. The molecule has 0 N–H and O–H groups in total. The van der Waals surface area contributed by atoms with Crippen molar-refractivity contribution in [2.75, 3.05) is 31.3 Å². The fraction of sp³-hybridized carbons (Fsp3) is 0.400. The minimum atomic E-state index is 0.0560. The first-order valence-corrected chi connectivity index (χ1v) is 9.02. The van der Waals surface area contributed by atoms with Crippen LogP contribution in [0.4, 0.5) is 5.69 Å². The highest BCUT2D eigenvalue weighted by Crippen LogP contribution is 2.44. The van der Waals surface area contributed by atoms with E-state index in [4.69, 9.17) is 9.47 Å². The Morgan fingerprint density at radius 2 is 1.92 bits per heavy atom. The summed E-state index contributed by atoms with van der Waals surface area (Å²) in [5.74, 6) is 1.68. The van der Waals surface area contributed by atoms with Crippen molar-refractivity contribution in [3.8, 4) is 11.5 Å². The van der Waals surface area contributed by atoms with Crippen LogP contribution in [0.5, 0.6) is 11.5 Å². The Kier molecular flexibility index (Phi) is 3.60. The van der Waals surface area contributed by atoms with E-state index < -0.39 is 0 Å². The van der Waals surface area contributed by atoms with E-state index in [1.165, 1.54) is 5.56 Å². The van der Waals surface area contributed by atoms with Crippen LogP contribution in [0.1, 0.15) is 18.4 Å². The molecule has 0 unspecified atom stereocenters. The molecule has 2 fully saturated rings. The molecular formula is C20H21N3O3. The van der Waals surface area contributed by atoms with Gasteiger partial charge in [0.15, 0.2) is 11.5 Å². The van der Waals surface area contributed by atoms with E-state index in [1.54, 1.807) is 0 Å². The zero-order chi connectivity index (χ0) is 17.6. The predicted molar refractivity (Wildman–Crippen MR) is 96.1 cm³/mol. The predicted octanol–water partition coefficient (Wildman–Crippen LogP) is 2.44. The lowest BCUT2D eigenvalue weighted by molar-refractivity contribution is -0.117. The number of pyridine rings is 1. The first-order valence-electron chi connectivity index (χ1n) is 9.02. The van der Waals surface area contributed by atoms with Gasteiger partial charge in [-0.25, -0.2) is 0 Å². The molecule has 2 saturated heterocycles. The van der Waals surface area contributed by atoms with Gasteiger partial charge in [-0.15, -0.1) is 0 Å². The van der Waals surface area contributed by atoms with E-state index in [9.17, 15) is 4.79 Å². The molecule has 2 aromatic rings. The summed E-state index contributed by atoms with van der Waals surface area (Å²) in [6.45, 7) is 3.94. The molecule has 1 atom stereocenters. The van der Waals surface area contributed by atoms with Crippen molar-refractivity contribution in [2.24, 2.45) is 5.41 Å². The second-order valence-electron chi connectivity index (χ2n) is 7.51. The van der Waals surface area contributed by atoms with Crippen LogP contribution in [0.15, 0.2) is 42.7 Å². The van der Waals surface area contributed by atoms with Gasteiger partial charge in [0, 0.05) is 55.6 Å². The van der Waals surface area contributed by atoms with Crippen molar-refractivity contribution in [1.82, 2.24) is 9.88 Å². The summed E-state index contributed by atoms with van der Waals surface area (Å²) in [6, 6.07) is 9.88. The van der Waals surface area contributed by atoms with Gasteiger partial charge in [-0.05, 0) is 42.8 Å². The lowest BCUT2D eigenvalue weighted by Crippen LogP contribution is -2.31. The van der Waals surface area contributed by atoms with Crippen molar-refractivity contribution >= 4 is 11.6 Å². The van der Waals surface area contributed by atoms with Gasteiger partial charge in [0.05, 0.1) is 0 Å². The molecule has 26 heavy (non-hydrogen) atoms. The molecule has 1 aromatic heterocycles. The maximum absolute atomic E-state index is 12.7. The molecule has 134 valence electrons. The summed E-state index contributed by atoms with van der Waals surface area (Å²) in [5, 5.41) is 0. The number of likely N-dealkylation sites (tertiary alicyclic amines) is 1. The Bertz CT molecular complexity index is 841. The minimum absolute atomic E-state index is 0.0560. The van der Waals surface area contributed by atoms with Gasteiger partial charge < -0.3 is 14.4 Å². The second kappa shape index (κ2) is 5.99. The Labute approximate surface area is 152 Å². The van der Waals surface area contributed by atoms with Gasteiger partial charge in [-0.1, -0.05) is 0 Å². The molecular weight excluding hydrogens is 330 g/mol. The van der Waals surface area contributed by atoms with Gasteiger partial charge in [-0.3, -0.25) is 14.7 Å². The molecule has 0 saturated carbocycles. The lowest BCUT2D eigenvalue weighted by Gasteiger charge is -2.24. The lowest BCUT2D eigenvalue weighted by atomic mass is 9.86. The molecule has 1 amide bonds. The van der Waals surface area contributed by atoms with E-state index >= 15 is 0 Å². The normalized spacial score (nSPS) is 24.8. The number of hydrogen-bond donors (Lipinski definition) is 0. The molecule has 5 rings (SSSR count). The number of amides is 1. The highest BCUT2D eigenvalue weighted by molar-refractivity contribution is 5.96. The number of rotatable bonds is 3. The van der Waals surface area contributed by atoms with Gasteiger partial charge in [0.25, 0.3) is 0 Å². The molecule has 1 aromatic carbocycles. The topological polar surface area (TPSA) is 54.9 Å². The first kappa shape index (κ1) is 15.6. The van der Waals surface area contributed by atoms with Crippen molar-refractivity contribution in [1.29, 1.82) is 0 Å². The number of carbonyl (C=O) groups is 1. The maximum Gasteiger partial charge on any atom is 0.231 e. The van der Waals surface area contributed by atoms with E-state index in [-0.39, 0.29) is 18.1 Å². The molecule has 0 radical (unpaired) electrons. The Balaban J connectivity index is 1.31. The maximum atomic E-state index is 12.7. The van der Waals surface area contributed by atoms with Crippen LogP contribution < -0.4 is 14.4 Å². The molecule has 6 heteroatoms. The number of carbonyl (C=O) groups excluding carboxylic acids is 1. The van der Waals surface area contributed by atoms with Crippen molar-refractivity contribution < 1.29 is 14.3 Å². The Hall–Kier alpha value is -2.60. The summed E-state index contributed by atoms with van der Waals surface area (Å²) in [4.78, 5) is 21.2. The van der Waals surface area contributed by atoms with Crippen LogP contribution in [-0.4, -0.2) is 42.2 Å². The van der Waals surface area contributed by atoms with Gasteiger partial charge in [-0.2, -0.15) is 0 Å². The fourth-order valence-electron chi connectivity index (χ4n) is 4.37. The van der Waals surface area contributed by atoms with Gasteiger partial charge >= 0.3 is 0 Å². The number of benzene rings is 1. The van der Waals surface area contributed by atoms with Crippen LogP contribution in [0.25, 0.3) is 0 Å². The van der Waals surface area contributed by atoms with E-state index in [1.807, 2.05) is 35.5 Å². The van der Waals surface area contributed by atoms with Crippen LogP contribution >= 0.6 is 0 Å². The summed E-state index contributed by atoms with van der Waals surface area (Å²) in [5.41, 5.74) is 2.23. The molecule has 0 bridgehead atoms. The smallest absolute Gasteiger partial charge is 0.231 e. The quantitative estimate of drug-likeness (QED) is 0.850. The number of fused-ring (bicyclic) bond motifs is 1. The molecule has 3 aliphatic heterocycles. The van der Waals surface area contributed by atoms with E-state index in [0.717, 1.165) is 49.8 Å².